The molecule has 8 heteroatoms. The van der Waals surface area contributed by atoms with Crippen molar-refractivity contribution in [3.05, 3.63) is 73.2 Å². The largest absolute Gasteiger partial charge is 0.272 e. The number of halogens is 2. The molecule has 0 aliphatic carbocycles. The van der Waals surface area contributed by atoms with E-state index in [4.69, 9.17) is 23.2 Å². The van der Waals surface area contributed by atoms with Gasteiger partial charge in [0.2, 0.25) is 0 Å². The third-order valence-corrected chi connectivity index (χ3v) is 3.55. The van der Waals surface area contributed by atoms with Crippen molar-refractivity contribution in [1.82, 2.24) is 5.43 Å². The first-order valence-electron chi connectivity index (χ1n) is 6.42. The van der Waals surface area contributed by atoms with Gasteiger partial charge in [0.25, 0.3) is 11.6 Å². The molecule has 0 radical (unpaired) electrons. The maximum atomic E-state index is 12.0. The van der Waals surface area contributed by atoms with Gasteiger partial charge >= 0.3 is 0 Å². The summed E-state index contributed by atoms with van der Waals surface area (Å²) in [6.07, 6.45) is 1.38. The number of nitro groups is 1. The van der Waals surface area contributed by atoms with Crippen LogP contribution in [0.15, 0.2) is 41.5 Å². The average Bonchev–Trinajstić information content (AvgIpc) is 2.48. The number of nitro benzene ring substituents is 1. The molecule has 1 N–H and O–H groups in total. The minimum Gasteiger partial charge on any atom is -0.267 e. The molecule has 0 saturated carbocycles. The Morgan fingerprint density at radius 2 is 2.00 bits per heavy atom. The lowest BCUT2D eigenvalue weighted by Crippen LogP contribution is -2.17. The van der Waals surface area contributed by atoms with E-state index < -0.39 is 10.8 Å². The quantitative estimate of drug-likeness (QED) is 0.513. The zero-order valence-electron chi connectivity index (χ0n) is 11.9. The van der Waals surface area contributed by atoms with Gasteiger partial charge in [-0.25, -0.2) is 5.43 Å². The zero-order chi connectivity index (χ0) is 17.0. The van der Waals surface area contributed by atoms with Gasteiger partial charge in [-0.05, 0) is 31.2 Å². The Labute approximate surface area is 141 Å². The van der Waals surface area contributed by atoms with Gasteiger partial charge in [0.15, 0.2) is 0 Å². The number of hydrogen-bond donors (Lipinski definition) is 1. The summed E-state index contributed by atoms with van der Waals surface area (Å²) >= 11 is 11.8. The summed E-state index contributed by atoms with van der Waals surface area (Å²) in [6, 6.07) is 8.95. The second-order valence-electron chi connectivity index (χ2n) is 4.62. The van der Waals surface area contributed by atoms with Crippen LogP contribution in [0.4, 0.5) is 5.69 Å². The third-order valence-electron chi connectivity index (χ3n) is 2.99. The van der Waals surface area contributed by atoms with Crippen LogP contribution >= 0.6 is 23.2 Å². The lowest BCUT2D eigenvalue weighted by Gasteiger charge is -2.02. The first-order valence-corrected chi connectivity index (χ1v) is 7.17. The lowest BCUT2D eigenvalue weighted by atomic mass is 10.1. The van der Waals surface area contributed by atoms with Crippen LogP contribution in [0, 0.1) is 17.0 Å². The molecule has 1 amide bonds. The predicted octanol–water partition coefficient (Wildman–Crippen LogP) is 3.97. The monoisotopic (exact) mass is 351 g/mol. The summed E-state index contributed by atoms with van der Waals surface area (Å²) in [5.41, 5.74) is 3.55. The normalized spacial score (nSPS) is 10.7. The standard InChI is InChI=1S/C15H11Cl2N3O3/c1-9-6-10(3-5-14(9)20(22)23)15(21)19-18-8-11-2-4-12(16)7-13(11)17/h2-8H,1H3,(H,19,21). The molecule has 0 saturated heterocycles. The van der Waals surface area contributed by atoms with Gasteiger partial charge in [-0.15, -0.1) is 0 Å². The molecule has 0 aromatic heterocycles. The highest BCUT2D eigenvalue weighted by Gasteiger charge is 2.13. The van der Waals surface area contributed by atoms with E-state index in [0.29, 0.717) is 21.2 Å². The second kappa shape index (κ2) is 7.21. The molecule has 6 nitrogen and oxygen atoms in total. The van der Waals surface area contributed by atoms with E-state index in [-0.39, 0.29) is 11.3 Å². The number of hydrogen-bond acceptors (Lipinski definition) is 4. The smallest absolute Gasteiger partial charge is 0.267 e. The van der Waals surface area contributed by atoms with Crippen LogP contribution in [-0.4, -0.2) is 17.0 Å². The minimum atomic E-state index is -0.502. The molecular weight excluding hydrogens is 341 g/mol. The van der Waals surface area contributed by atoms with Gasteiger partial charge in [0.05, 0.1) is 16.2 Å². The Balaban J connectivity index is 2.09. The van der Waals surface area contributed by atoms with Crippen LogP contribution in [0.2, 0.25) is 10.0 Å². The van der Waals surface area contributed by atoms with Crippen molar-refractivity contribution in [2.75, 3.05) is 0 Å². The number of nitrogens with one attached hydrogen (secondary N) is 1. The highest BCUT2D eigenvalue weighted by atomic mass is 35.5. The van der Waals surface area contributed by atoms with E-state index in [9.17, 15) is 14.9 Å². The Bertz CT molecular complexity index is 807. The van der Waals surface area contributed by atoms with E-state index in [1.807, 2.05) is 0 Å². The molecule has 0 aliphatic heterocycles. The Hall–Kier alpha value is -2.44. The highest BCUT2D eigenvalue weighted by molar-refractivity contribution is 6.36. The van der Waals surface area contributed by atoms with Gasteiger partial charge in [0.1, 0.15) is 0 Å². The fourth-order valence-corrected chi connectivity index (χ4v) is 2.29. The summed E-state index contributed by atoms with van der Waals surface area (Å²) in [5, 5.41) is 15.5. The summed E-state index contributed by atoms with van der Waals surface area (Å²) < 4.78 is 0. The highest BCUT2D eigenvalue weighted by Crippen LogP contribution is 2.20. The van der Waals surface area contributed by atoms with Crippen molar-refractivity contribution in [2.45, 2.75) is 6.92 Å². The van der Waals surface area contributed by atoms with Crippen molar-refractivity contribution in [1.29, 1.82) is 0 Å². The first kappa shape index (κ1) is 16.9. The van der Waals surface area contributed by atoms with Crippen LogP contribution in [0.1, 0.15) is 21.5 Å². The van der Waals surface area contributed by atoms with Gasteiger partial charge in [-0.1, -0.05) is 29.3 Å². The number of carbonyl (C=O) groups excluding carboxylic acids is 1. The summed E-state index contributed by atoms with van der Waals surface area (Å²) in [7, 11) is 0. The van der Waals surface area contributed by atoms with E-state index in [1.165, 1.54) is 24.4 Å². The number of rotatable bonds is 4. The number of benzene rings is 2. The molecule has 2 rings (SSSR count). The summed E-state index contributed by atoms with van der Waals surface area (Å²) in [4.78, 5) is 22.2. The second-order valence-corrected chi connectivity index (χ2v) is 5.47. The predicted molar refractivity (Wildman–Crippen MR) is 89.4 cm³/mol. The van der Waals surface area contributed by atoms with Gasteiger partial charge in [0, 0.05) is 27.8 Å². The molecule has 0 unspecified atom stereocenters. The molecule has 2 aromatic carbocycles. The number of hydrazone groups is 1. The maximum absolute atomic E-state index is 12.0. The van der Waals surface area contributed by atoms with E-state index in [0.717, 1.165) is 0 Å². The van der Waals surface area contributed by atoms with Crippen molar-refractivity contribution in [3.8, 4) is 0 Å². The number of amides is 1. The average molecular weight is 352 g/mol. The molecule has 0 bridgehead atoms. The number of nitrogens with zero attached hydrogens (tertiary/aromatic N) is 2. The molecular formula is C15H11Cl2N3O3. The van der Waals surface area contributed by atoms with Gasteiger partial charge in [-0.3, -0.25) is 14.9 Å². The van der Waals surface area contributed by atoms with Crippen molar-refractivity contribution >= 4 is 41.0 Å². The Kier molecular flexibility index (Phi) is 5.31. The van der Waals surface area contributed by atoms with Crippen LogP contribution in [-0.2, 0) is 0 Å². The molecule has 0 fully saturated rings. The van der Waals surface area contributed by atoms with Crippen LogP contribution < -0.4 is 5.43 Å². The molecule has 23 heavy (non-hydrogen) atoms. The van der Waals surface area contributed by atoms with Crippen LogP contribution in [0.5, 0.6) is 0 Å². The van der Waals surface area contributed by atoms with Gasteiger partial charge in [-0.2, -0.15) is 5.10 Å². The molecule has 0 aliphatic rings. The number of aryl methyl sites for hydroxylation is 1. The van der Waals surface area contributed by atoms with Crippen molar-refractivity contribution < 1.29 is 9.72 Å². The van der Waals surface area contributed by atoms with Crippen LogP contribution in [0.3, 0.4) is 0 Å². The van der Waals surface area contributed by atoms with E-state index >= 15 is 0 Å². The van der Waals surface area contributed by atoms with Crippen LogP contribution in [0.25, 0.3) is 0 Å². The Morgan fingerprint density at radius 3 is 2.61 bits per heavy atom. The minimum absolute atomic E-state index is 0.0435. The zero-order valence-corrected chi connectivity index (χ0v) is 13.4. The first-order chi connectivity index (χ1) is 10.9. The summed E-state index contributed by atoms with van der Waals surface area (Å²) in [5.74, 6) is -0.482. The molecule has 0 spiro atoms. The third kappa shape index (κ3) is 4.28. The number of carbonyl (C=O) groups is 1. The summed E-state index contributed by atoms with van der Waals surface area (Å²) in [6.45, 7) is 1.56. The van der Waals surface area contributed by atoms with Gasteiger partial charge < -0.3 is 0 Å². The topological polar surface area (TPSA) is 84.6 Å². The fourth-order valence-electron chi connectivity index (χ4n) is 1.83. The van der Waals surface area contributed by atoms with E-state index in [2.05, 4.69) is 10.5 Å². The SMILES string of the molecule is Cc1cc(C(=O)NN=Cc2ccc(Cl)cc2Cl)ccc1[N+](=O)[O-]. The lowest BCUT2D eigenvalue weighted by molar-refractivity contribution is -0.385. The molecule has 118 valence electrons. The molecule has 2 aromatic rings. The maximum Gasteiger partial charge on any atom is 0.272 e. The molecule has 0 heterocycles. The molecule has 0 atom stereocenters. The fraction of sp³-hybridized carbons (Fsp3) is 0.0667. The van der Waals surface area contributed by atoms with Crippen molar-refractivity contribution in [2.24, 2.45) is 5.10 Å². The Morgan fingerprint density at radius 1 is 1.26 bits per heavy atom. The van der Waals surface area contributed by atoms with Crippen molar-refractivity contribution in [3.63, 3.8) is 0 Å². The van der Waals surface area contributed by atoms with E-state index in [1.54, 1.807) is 25.1 Å².